The van der Waals surface area contributed by atoms with E-state index < -0.39 is 82.9 Å². The summed E-state index contributed by atoms with van der Waals surface area (Å²) in [4.78, 5) is 53.2. The van der Waals surface area contributed by atoms with E-state index in [-0.39, 0.29) is 55.7 Å². The second kappa shape index (κ2) is 16.5. The van der Waals surface area contributed by atoms with Crippen LogP contribution in [-0.2, 0) is 23.8 Å². The van der Waals surface area contributed by atoms with Crippen molar-refractivity contribution in [2.75, 3.05) is 19.5 Å². The van der Waals surface area contributed by atoms with E-state index >= 15 is 0 Å². The molecule has 6 bridgehead atoms. The van der Waals surface area contributed by atoms with Crippen molar-refractivity contribution in [1.29, 1.82) is 0 Å². The second-order valence-corrected chi connectivity index (χ2v) is 18.1. The van der Waals surface area contributed by atoms with E-state index in [2.05, 4.69) is 22.3 Å². The number of nitrogens with one attached hydrogen (secondary N) is 1. The molecule has 1 amide bonds. The number of aromatic hydroxyl groups is 2. The smallest absolute Gasteiger partial charge is 0.312 e. The molecule has 0 radical (unpaired) electrons. The number of allylic oxidation sites excluding steroid dienone is 2. The first-order chi connectivity index (χ1) is 28.7. The van der Waals surface area contributed by atoms with Gasteiger partial charge in [-0.15, -0.1) is 0 Å². The average Bonchev–Trinajstić information content (AvgIpc) is 3.82. The normalized spacial score (nSPS) is 37.5. The predicted octanol–water partition coefficient (Wildman–Crippen LogP) is 4.64. The van der Waals surface area contributed by atoms with Crippen molar-refractivity contribution < 1.29 is 53.8 Å². The number of ether oxygens (including phenoxy) is 4. The fourth-order valence-electron chi connectivity index (χ4n) is 10.2. The van der Waals surface area contributed by atoms with Crippen LogP contribution >= 0.6 is 0 Å². The zero-order valence-electron chi connectivity index (χ0n) is 36.7. The molecular weight excluding hydrogens is 785 g/mol. The molecule has 12 atom stereocenters. The number of carbonyl (C=O) groups excluding carboxylic acids is 3. The Balaban J connectivity index is 1.43. The van der Waals surface area contributed by atoms with Crippen molar-refractivity contribution in [3.63, 3.8) is 0 Å². The van der Waals surface area contributed by atoms with E-state index in [0.29, 0.717) is 24.6 Å². The van der Waals surface area contributed by atoms with Gasteiger partial charge in [-0.25, -0.2) is 4.99 Å². The van der Waals surface area contributed by atoms with Crippen LogP contribution in [0.4, 0.5) is 5.69 Å². The van der Waals surface area contributed by atoms with Gasteiger partial charge in [0.1, 0.15) is 34.0 Å². The largest absolute Gasteiger partial charge is 0.507 e. The fourth-order valence-corrected chi connectivity index (χ4v) is 10.2. The maximum Gasteiger partial charge on any atom is 0.312 e. The summed E-state index contributed by atoms with van der Waals surface area (Å²) in [5.74, 6) is -6.98. The zero-order valence-corrected chi connectivity index (χ0v) is 36.7. The number of anilines is 1. The van der Waals surface area contributed by atoms with Crippen LogP contribution in [0, 0.1) is 30.6 Å². The van der Waals surface area contributed by atoms with Crippen LogP contribution in [-0.4, -0.2) is 105 Å². The lowest BCUT2D eigenvalue weighted by Crippen LogP contribution is -2.46. The Morgan fingerprint density at radius 3 is 2.34 bits per heavy atom. The average molecular weight is 845 g/mol. The summed E-state index contributed by atoms with van der Waals surface area (Å²) in [5.41, 5.74) is -0.0727. The van der Waals surface area contributed by atoms with E-state index in [4.69, 9.17) is 23.9 Å². The maximum absolute atomic E-state index is 14.8. The Morgan fingerprint density at radius 2 is 1.66 bits per heavy atom. The van der Waals surface area contributed by atoms with E-state index in [1.165, 1.54) is 27.2 Å². The number of carbonyl (C=O) groups is 3. The Kier molecular flexibility index (Phi) is 11.9. The lowest BCUT2D eigenvalue weighted by Gasteiger charge is -2.38. The van der Waals surface area contributed by atoms with Crippen molar-refractivity contribution in [3.05, 3.63) is 58.0 Å². The van der Waals surface area contributed by atoms with Crippen molar-refractivity contribution in [2.24, 2.45) is 33.7 Å². The molecule has 5 N–H and O–H groups in total. The third-order valence-electron chi connectivity index (χ3n) is 14.1. The van der Waals surface area contributed by atoms with Crippen LogP contribution in [0.1, 0.15) is 96.5 Å². The molecule has 0 saturated carbocycles. The molecule has 61 heavy (non-hydrogen) atoms. The number of fused-ring (bicyclic) bond motifs is 3. The van der Waals surface area contributed by atoms with Crippen molar-refractivity contribution >= 4 is 34.1 Å². The van der Waals surface area contributed by atoms with Gasteiger partial charge in [-0.3, -0.25) is 19.4 Å². The molecule has 0 aromatic heterocycles. The van der Waals surface area contributed by atoms with Crippen LogP contribution in [0.2, 0.25) is 0 Å². The lowest BCUT2D eigenvalue weighted by molar-refractivity contribution is -0.160. The first kappa shape index (κ1) is 44.2. The third kappa shape index (κ3) is 7.61. The molecule has 2 saturated heterocycles. The van der Waals surface area contributed by atoms with Gasteiger partial charge in [0.25, 0.3) is 11.7 Å². The summed E-state index contributed by atoms with van der Waals surface area (Å²) in [6.07, 6.45) is 8.12. The highest BCUT2D eigenvalue weighted by molar-refractivity contribution is 6.21. The quantitative estimate of drug-likeness (QED) is 0.207. The number of nitrogens with zero attached hydrogens (tertiary/aromatic N) is 3. The number of ketones is 1. The van der Waals surface area contributed by atoms with E-state index in [0.717, 1.165) is 19.3 Å². The van der Waals surface area contributed by atoms with Gasteiger partial charge in [-0.2, -0.15) is 0 Å². The second-order valence-electron chi connectivity index (χ2n) is 18.1. The number of amides is 1. The van der Waals surface area contributed by atoms with Gasteiger partial charge in [-0.1, -0.05) is 45.9 Å². The number of hydrogen-bond acceptors (Lipinski definition) is 14. The highest BCUT2D eigenvalue weighted by atomic mass is 16.7. The van der Waals surface area contributed by atoms with E-state index in [9.17, 15) is 34.8 Å². The van der Waals surface area contributed by atoms with Crippen molar-refractivity contribution in [2.45, 2.75) is 135 Å². The van der Waals surface area contributed by atoms with E-state index in [1.807, 2.05) is 0 Å². The number of aliphatic hydroxyl groups is 2. The van der Waals surface area contributed by atoms with Crippen LogP contribution in [0.3, 0.4) is 0 Å². The van der Waals surface area contributed by atoms with E-state index in [1.54, 1.807) is 65.8 Å². The molecule has 0 aliphatic carbocycles. The minimum absolute atomic E-state index is 0.0617. The molecule has 15 heteroatoms. The molecule has 15 nitrogen and oxygen atoms in total. The monoisotopic (exact) mass is 844 g/mol. The van der Waals surface area contributed by atoms with Gasteiger partial charge >= 0.3 is 11.8 Å². The number of benzene rings is 2. The first-order valence-electron chi connectivity index (χ1n) is 21.3. The Hall–Kier alpha value is -4.83. The highest BCUT2D eigenvalue weighted by Crippen LogP contribution is 2.52. The topological polar surface area (TPSA) is 209 Å². The van der Waals surface area contributed by atoms with Gasteiger partial charge in [0.15, 0.2) is 5.75 Å². The summed E-state index contributed by atoms with van der Waals surface area (Å²) < 4.78 is 24.1. The summed E-state index contributed by atoms with van der Waals surface area (Å²) in [6, 6.07) is 0.598. The van der Waals surface area contributed by atoms with Crippen molar-refractivity contribution in [3.8, 4) is 17.2 Å². The van der Waals surface area contributed by atoms with Gasteiger partial charge in [0.2, 0.25) is 0 Å². The Labute approximate surface area is 355 Å². The highest BCUT2D eigenvalue weighted by Gasteiger charge is 2.51. The number of esters is 1. The molecule has 7 rings (SSSR count). The van der Waals surface area contributed by atoms with Crippen LogP contribution in [0.5, 0.6) is 17.2 Å². The summed E-state index contributed by atoms with van der Waals surface area (Å²) in [5, 5.41) is 50.8. The molecule has 1 spiro atoms. The number of aliphatic hydroxyl groups excluding tert-OH is 2. The van der Waals surface area contributed by atoms with Crippen LogP contribution in [0.15, 0.2) is 46.1 Å². The SMILES string of the molecule is CO[C@H]1/C=C/O[C@@]2(C)Oc3c(C)c(O)c4c(O)c(c5c(c4c3C2=O)N[C@]2(CC[C@@H]3CC[C@H](C2)N3C)N=5)=NC(=O)/C(C)=C\C=C\[C@H](C)[C@H](O)[C@@H](C)[C@@H](O)[C@@H](C)[C@H](OC(C)=O)[C@@H]1C. The van der Waals surface area contributed by atoms with Crippen LogP contribution in [0.25, 0.3) is 10.8 Å². The molecule has 5 aliphatic rings. The van der Waals surface area contributed by atoms with Gasteiger partial charge in [0.05, 0.1) is 41.2 Å². The fraction of sp³-hybridized carbons (Fsp3) is 0.587. The number of hydrogen-bond donors (Lipinski definition) is 5. The maximum atomic E-state index is 14.8. The molecule has 5 heterocycles. The number of rotatable bonds is 2. The van der Waals surface area contributed by atoms with Crippen molar-refractivity contribution in [1.82, 2.24) is 4.90 Å². The molecule has 330 valence electrons. The summed E-state index contributed by atoms with van der Waals surface area (Å²) >= 11 is 0. The zero-order chi connectivity index (χ0) is 44.5. The number of methoxy groups -OCH3 is 1. The van der Waals surface area contributed by atoms with Gasteiger partial charge in [0, 0.05) is 79.7 Å². The van der Waals surface area contributed by atoms with Crippen LogP contribution < -0.4 is 20.8 Å². The Morgan fingerprint density at radius 1 is 0.951 bits per heavy atom. The molecular formula is C46H60N4O11. The Bertz CT molecular complexity index is 2360. The molecule has 5 aliphatic heterocycles. The standard InChI is InChI=1S/C46H60N4O11/c1-21-12-11-13-22(2)44(57)47-36-35-34(48-46(49-35)18-16-28-14-15-29(20-46)50(28)9)31-32(40(36)55)39(54)26(6)42-33(31)43(56)45(8,61-42)59-19-17-30(58-10)23(3)41(60-27(7)51)25(5)38(53)24(4)37(21)52/h11-13,17,19,21,23-25,28-30,37-38,41,48,52-55H,14-16,18,20H2,1-10H3/b12-11+,19-17+,22-13-,47-36?/t21-,23+,24+,25+,28-,29+,30-,37-,38+,41+,45-,46+/m0/s1. The molecule has 2 fully saturated rings. The third-order valence-corrected chi connectivity index (χ3v) is 14.1. The molecule has 0 unspecified atom stereocenters. The minimum atomic E-state index is -1.95. The first-order valence-corrected chi connectivity index (χ1v) is 21.3. The summed E-state index contributed by atoms with van der Waals surface area (Å²) in [7, 11) is 3.60. The van der Waals surface area contributed by atoms with Gasteiger partial charge in [-0.05, 0) is 52.7 Å². The van der Waals surface area contributed by atoms with Gasteiger partial charge < -0.3 is 49.6 Å². The number of phenolic OH excluding ortho intramolecular Hbond substituents is 2. The lowest BCUT2D eigenvalue weighted by atomic mass is 9.78. The minimum Gasteiger partial charge on any atom is -0.507 e. The molecule has 2 aromatic carbocycles. The number of Topliss-reactive ketones (excluding diaryl/α,β-unsaturated/α-hetero) is 1. The summed E-state index contributed by atoms with van der Waals surface area (Å²) in [6.45, 7) is 12.9. The predicted molar refractivity (Wildman–Crippen MR) is 226 cm³/mol. The number of phenols is 2. The molecule has 2 aromatic rings.